The van der Waals surface area contributed by atoms with Crippen molar-refractivity contribution in [2.75, 3.05) is 18.0 Å². The molecule has 1 aromatic heterocycles. The van der Waals surface area contributed by atoms with Gasteiger partial charge >= 0.3 is 0 Å². The first-order valence-electron chi connectivity index (χ1n) is 5.17. The highest BCUT2D eigenvalue weighted by Crippen LogP contribution is 2.23. The van der Waals surface area contributed by atoms with Crippen molar-refractivity contribution in [1.82, 2.24) is 4.98 Å². The van der Waals surface area contributed by atoms with E-state index in [2.05, 4.69) is 25.8 Å². The van der Waals surface area contributed by atoms with Crippen LogP contribution in [0.25, 0.3) is 0 Å². The van der Waals surface area contributed by atoms with Gasteiger partial charge in [-0.1, -0.05) is 0 Å². The molecule has 0 aromatic carbocycles. The second-order valence-electron chi connectivity index (χ2n) is 3.73. The standard InChI is InChI=1S/C11H13BrN2O/c12-10-6-9(8-15)11(13-7-10)14-4-2-1-3-5-14/h6-8H,1-5H2. The number of halogens is 1. The third-order valence-corrected chi connectivity index (χ3v) is 3.08. The Morgan fingerprint density at radius 1 is 1.33 bits per heavy atom. The number of aromatic nitrogens is 1. The highest BCUT2D eigenvalue weighted by Gasteiger charge is 2.15. The Bertz CT molecular complexity index is 362. The molecule has 3 nitrogen and oxygen atoms in total. The molecular formula is C11H13BrN2O. The molecule has 80 valence electrons. The molecule has 1 aliphatic heterocycles. The lowest BCUT2D eigenvalue weighted by Gasteiger charge is -2.28. The van der Waals surface area contributed by atoms with Gasteiger partial charge in [-0.15, -0.1) is 0 Å². The minimum atomic E-state index is 0.672. The number of rotatable bonds is 2. The van der Waals surface area contributed by atoms with Crippen LogP contribution in [0.15, 0.2) is 16.7 Å². The summed E-state index contributed by atoms with van der Waals surface area (Å²) in [4.78, 5) is 17.4. The number of hydrogen-bond donors (Lipinski definition) is 0. The maximum absolute atomic E-state index is 10.9. The number of carbonyl (C=O) groups is 1. The molecule has 0 atom stereocenters. The molecule has 0 radical (unpaired) electrons. The number of pyridine rings is 1. The molecule has 1 aliphatic rings. The van der Waals surface area contributed by atoms with Crippen molar-refractivity contribution in [2.45, 2.75) is 19.3 Å². The molecule has 0 spiro atoms. The Morgan fingerprint density at radius 3 is 2.73 bits per heavy atom. The van der Waals surface area contributed by atoms with Crippen LogP contribution in [-0.4, -0.2) is 24.4 Å². The molecule has 0 saturated carbocycles. The minimum absolute atomic E-state index is 0.672. The summed E-state index contributed by atoms with van der Waals surface area (Å²) >= 11 is 3.32. The number of carbonyl (C=O) groups excluding carboxylic acids is 1. The molecule has 0 aliphatic carbocycles. The monoisotopic (exact) mass is 268 g/mol. The molecule has 0 unspecified atom stereocenters. The second-order valence-corrected chi connectivity index (χ2v) is 4.65. The molecule has 1 saturated heterocycles. The lowest BCUT2D eigenvalue weighted by molar-refractivity contribution is 0.112. The topological polar surface area (TPSA) is 33.2 Å². The third kappa shape index (κ3) is 2.37. The summed E-state index contributed by atoms with van der Waals surface area (Å²) in [5.74, 6) is 0.827. The van der Waals surface area contributed by atoms with E-state index < -0.39 is 0 Å². The van der Waals surface area contributed by atoms with Gasteiger partial charge in [0.15, 0.2) is 6.29 Å². The summed E-state index contributed by atoms with van der Waals surface area (Å²) in [7, 11) is 0. The largest absolute Gasteiger partial charge is 0.356 e. The van der Waals surface area contributed by atoms with Gasteiger partial charge < -0.3 is 4.90 Å². The van der Waals surface area contributed by atoms with Crippen LogP contribution in [0.5, 0.6) is 0 Å². The quantitative estimate of drug-likeness (QED) is 0.774. The minimum Gasteiger partial charge on any atom is -0.356 e. The number of hydrogen-bond acceptors (Lipinski definition) is 3. The first kappa shape index (κ1) is 10.6. The number of nitrogens with zero attached hydrogens (tertiary/aromatic N) is 2. The molecule has 0 amide bonds. The summed E-state index contributed by atoms with van der Waals surface area (Å²) in [5, 5.41) is 0. The molecule has 15 heavy (non-hydrogen) atoms. The van der Waals surface area contributed by atoms with E-state index in [1.165, 1.54) is 19.3 Å². The lowest BCUT2D eigenvalue weighted by Crippen LogP contribution is -2.31. The van der Waals surface area contributed by atoms with Crippen LogP contribution in [0.4, 0.5) is 5.82 Å². The smallest absolute Gasteiger partial charge is 0.153 e. The molecule has 2 heterocycles. The molecule has 1 fully saturated rings. The zero-order valence-corrected chi connectivity index (χ0v) is 10.0. The Labute approximate surface area is 97.6 Å². The summed E-state index contributed by atoms with van der Waals surface area (Å²) in [6, 6.07) is 1.82. The van der Waals surface area contributed by atoms with Gasteiger partial charge in [0.05, 0.1) is 5.56 Å². The van der Waals surface area contributed by atoms with Gasteiger partial charge in [-0.05, 0) is 41.3 Å². The van der Waals surface area contributed by atoms with Gasteiger partial charge in [-0.2, -0.15) is 0 Å². The van der Waals surface area contributed by atoms with Crippen molar-refractivity contribution in [1.29, 1.82) is 0 Å². The van der Waals surface area contributed by atoms with Gasteiger partial charge in [0.1, 0.15) is 5.82 Å². The number of piperidine rings is 1. The van der Waals surface area contributed by atoms with Gasteiger partial charge in [0.2, 0.25) is 0 Å². The van der Waals surface area contributed by atoms with Crippen LogP contribution in [0, 0.1) is 0 Å². The normalized spacial score (nSPS) is 16.5. The van der Waals surface area contributed by atoms with Gasteiger partial charge in [-0.25, -0.2) is 4.98 Å². The lowest BCUT2D eigenvalue weighted by atomic mass is 10.1. The Morgan fingerprint density at radius 2 is 2.07 bits per heavy atom. The van der Waals surface area contributed by atoms with Crippen molar-refractivity contribution >= 4 is 28.0 Å². The highest BCUT2D eigenvalue weighted by molar-refractivity contribution is 9.10. The highest BCUT2D eigenvalue weighted by atomic mass is 79.9. The third-order valence-electron chi connectivity index (χ3n) is 2.64. The van der Waals surface area contributed by atoms with E-state index in [4.69, 9.17) is 0 Å². The molecule has 0 N–H and O–H groups in total. The van der Waals surface area contributed by atoms with Crippen LogP contribution in [0.2, 0.25) is 0 Å². The molecule has 4 heteroatoms. The predicted octanol–water partition coefficient (Wildman–Crippen LogP) is 2.65. The maximum atomic E-state index is 10.9. The van der Waals surface area contributed by atoms with Crippen molar-refractivity contribution < 1.29 is 4.79 Å². The molecule has 2 rings (SSSR count). The van der Waals surface area contributed by atoms with E-state index >= 15 is 0 Å². The Hall–Kier alpha value is -0.900. The van der Waals surface area contributed by atoms with Crippen LogP contribution in [-0.2, 0) is 0 Å². The van der Waals surface area contributed by atoms with Gasteiger partial charge in [0.25, 0.3) is 0 Å². The zero-order chi connectivity index (χ0) is 10.7. The van der Waals surface area contributed by atoms with Crippen LogP contribution >= 0.6 is 15.9 Å². The first-order valence-corrected chi connectivity index (χ1v) is 5.96. The number of aldehydes is 1. The second kappa shape index (κ2) is 4.75. The van der Waals surface area contributed by atoms with E-state index in [9.17, 15) is 4.79 Å². The van der Waals surface area contributed by atoms with E-state index in [0.717, 1.165) is 29.7 Å². The molecule has 1 aromatic rings. The SMILES string of the molecule is O=Cc1cc(Br)cnc1N1CCCCC1. The van der Waals surface area contributed by atoms with Crippen molar-refractivity contribution in [3.8, 4) is 0 Å². The van der Waals surface area contributed by atoms with Crippen molar-refractivity contribution in [3.05, 3.63) is 22.3 Å². The molecule has 0 bridgehead atoms. The van der Waals surface area contributed by atoms with Crippen molar-refractivity contribution in [2.24, 2.45) is 0 Å². The fourth-order valence-electron chi connectivity index (χ4n) is 1.90. The summed E-state index contributed by atoms with van der Waals surface area (Å²) in [5.41, 5.74) is 0.672. The van der Waals surface area contributed by atoms with E-state index in [1.807, 2.05) is 6.07 Å². The average molecular weight is 269 g/mol. The van der Waals surface area contributed by atoms with Gasteiger partial charge in [0, 0.05) is 23.8 Å². The van der Waals surface area contributed by atoms with Crippen molar-refractivity contribution in [3.63, 3.8) is 0 Å². The fraction of sp³-hybridized carbons (Fsp3) is 0.455. The zero-order valence-electron chi connectivity index (χ0n) is 8.45. The van der Waals surface area contributed by atoms with Crippen LogP contribution < -0.4 is 4.90 Å². The van der Waals surface area contributed by atoms with Crippen LogP contribution in [0.3, 0.4) is 0 Å². The van der Waals surface area contributed by atoms with E-state index in [0.29, 0.717) is 5.56 Å². The summed E-state index contributed by atoms with van der Waals surface area (Å²) in [6.45, 7) is 2.02. The maximum Gasteiger partial charge on any atom is 0.153 e. The summed E-state index contributed by atoms with van der Waals surface area (Å²) in [6.07, 6.45) is 6.29. The van der Waals surface area contributed by atoms with E-state index in [-0.39, 0.29) is 0 Å². The Balaban J connectivity index is 2.29. The average Bonchev–Trinajstić information content (AvgIpc) is 2.30. The van der Waals surface area contributed by atoms with Crippen LogP contribution in [0.1, 0.15) is 29.6 Å². The first-order chi connectivity index (χ1) is 7.31. The van der Waals surface area contributed by atoms with Gasteiger partial charge in [-0.3, -0.25) is 4.79 Å². The predicted molar refractivity (Wildman–Crippen MR) is 63.4 cm³/mol. The fourth-order valence-corrected chi connectivity index (χ4v) is 2.25. The van der Waals surface area contributed by atoms with E-state index in [1.54, 1.807) is 6.20 Å². The molecular weight excluding hydrogens is 256 g/mol. The Kier molecular flexibility index (Phi) is 3.36. The number of anilines is 1. The summed E-state index contributed by atoms with van der Waals surface area (Å²) < 4.78 is 0.852.